The molecule has 2 heterocycles. The third-order valence-electron chi connectivity index (χ3n) is 2.60. The number of aromatic nitrogens is 1. The number of hydrogen-bond donors (Lipinski definition) is 3. The van der Waals surface area contributed by atoms with Gasteiger partial charge in [0.2, 0.25) is 0 Å². The molecule has 5 nitrogen and oxygen atoms in total. The van der Waals surface area contributed by atoms with Crippen molar-refractivity contribution >= 4 is 15.9 Å². The maximum absolute atomic E-state index is 9.77. The van der Waals surface area contributed by atoms with E-state index >= 15 is 0 Å². The number of hydrogen-bond acceptors (Lipinski definition) is 5. The highest BCUT2D eigenvalue weighted by Gasteiger charge is 2.43. The van der Waals surface area contributed by atoms with Crippen LogP contribution in [0.5, 0.6) is 0 Å². The molecule has 16 heavy (non-hydrogen) atoms. The molecule has 1 fully saturated rings. The molecule has 6 heteroatoms. The van der Waals surface area contributed by atoms with Crippen molar-refractivity contribution in [1.82, 2.24) is 4.98 Å². The van der Waals surface area contributed by atoms with Crippen LogP contribution in [-0.4, -0.2) is 45.2 Å². The minimum absolute atomic E-state index is 0.323. The Hall–Kier alpha value is -0.530. The van der Waals surface area contributed by atoms with E-state index in [9.17, 15) is 10.2 Å². The van der Waals surface area contributed by atoms with E-state index in [1.165, 1.54) is 0 Å². The van der Waals surface area contributed by atoms with Gasteiger partial charge in [-0.3, -0.25) is 4.98 Å². The highest BCUT2D eigenvalue weighted by molar-refractivity contribution is 9.10. The van der Waals surface area contributed by atoms with Crippen LogP contribution < -0.4 is 0 Å². The van der Waals surface area contributed by atoms with E-state index in [4.69, 9.17) is 9.84 Å². The lowest BCUT2D eigenvalue weighted by molar-refractivity contribution is -0.0228. The number of ether oxygens (including phenoxy) is 1. The summed E-state index contributed by atoms with van der Waals surface area (Å²) in [7, 11) is 0. The Balaban J connectivity index is 2.23. The Morgan fingerprint density at radius 3 is 2.62 bits per heavy atom. The maximum Gasteiger partial charge on any atom is 0.113 e. The van der Waals surface area contributed by atoms with Crippen LogP contribution in [0, 0.1) is 0 Å². The molecule has 0 aromatic carbocycles. The van der Waals surface area contributed by atoms with Crippen LogP contribution in [0.4, 0.5) is 0 Å². The summed E-state index contributed by atoms with van der Waals surface area (Å²) in [5.74, 6) is 0. The van der Waals surface area contributed by atoms with Gasteiger partial charge in [0.15, 0.2) is 0 Å². The predicted octanol–water partition coefficient (Wildman–Crippen LogP) is -0.00190. The lowest BCUT2D eigenvalue weighted by atomic mass is 10.0. The molecule has 88 valence electrons. The van der Waals surface area contributed by atoms with E-state index in [1.807, 2.05) is 0 Å². The van der Waals surface area contributed by atoms with Gasteiger partial charge in [0.05, 0.1) is 6.61 Å². The van der Waals surface area contributed by atoms with Gasteiger partial charge in [-0.1, -0.05) is 0 Å². The molecule has 4 atom stereocenters. The average Bonchev–Trinajstić information content (AvgIpc) is 2.56. The molecule has 3 N–H and O–H groups in total. The van der Waals surface area contributed by atoms with Crippen molar-refractivity contribution < 1.29 is 20.1 Å². The van der Waals surface area contributed by atoms with Crippen LogP contribution in [0.25, 0.3) is 0 Å². The zero-order valence-corrected chi connectivity index (χ0v) is 9.91. The third-order valence-corrected chi connectivity index (χ3v) is 3.03. The zero-order valence-electron chi connectivity index (χ0n) is 8.32. The fourth-order valence-electron chi connectivity index (χ4n) is 1.76. The molecule has 0 unspecified atom stereocenters. The molecule has 0 radical (unpaired) electrons. The standard InChI is InChI=1S/C10H12BrNO4/c11-6-1-5(2-12-3-6)10-9(15)8(14)7(4-13)16-10/h1-3,7-10,13-15H,4H2/t7-,8-,9+,10-/m1/s1. The molecule has 0 bridgehead atoms. The lowest BCUT2D eigenvalue weighted by Gasteiger charge is -2.14. The van der Waals surface area contributed by atoms with Crippen LogP contribution in [0.1, 0.15) is 11.7 Å². The quantitative estimate of drug-likeness (QED) is 0.714. The number of pyridine rings is 1. The first kappa shape index (κ1) is 11.9. The van der Waals surface area contributed by atoms with Crippen LogP contribution in [0.15, 0.2) is 22.9 Å². The van der Waals surface area contributed by atoms with Crippen LogP contribution in [-0.2, 0) is 4.74 Å². The average molecular weight is 290 g/mol. The summed E-state index contributed by atoms with van der Waals surface area (Å²) in [6.45, 7) is -0.323. The number of nitrogens with zero attached hydrogens (tertiary/aromatic N) is 1. The second-order valence-corrected chi connectivity index (χ2v) is 4.61. The number of rotatable bonds is 2. The topological polar surface area (TPSA) is 82.8 Å². The Morgan fingerprint density at radius 1 is 1.31 bits per heavy atom. The first-order chi connectivity index (χ1) is 7.63. The van der Waals surface area contributed by atoms with Gasteiger partial charge >= 0.3 is 0 Å². The molecule has 0 spiro atoms. The van der Waals surface area contributed by atoms with Crippen molar-refractivity contribution in [3.05, 3.63) is 28.5 Å². The van der Waals surface area contributed by atoms with Crippen molar-refractivity contribution in [2.45, 2.75) is 24.4 Å². The first-order valence-corrected chi connectivity index (χ1v) is 5.65. The first-order valence-electron chi connectivity index (χ1n) is 4.86. The minimum Gasteiger partial charge on any atom is -0.394 e. The van der Waals surface area contributed by atoms with Gasteiger partial charge in [-0.05, 0) is 22.0 Å². The predicted molar refractivity (Wildman–Crippen MR) is 58.7 cm³/mol. The van der Waals surface area contributed by atoms with Crippen molar-refractivity contribution in [3.63, 3.8) is 0 Å². The zero-order chi connectivity index (χ0) is 11.7. The number of halogens is 1. The van der Waals surface area contributed by atoms with Crippen molar-refractivity contribution in [3.8, 4) is 0 Å². The summed E-state index contributed by atoms with van der Waals surface area (Å²) in [5, 5.41) is 28.3. The van der Waals surface area contributed by atoms with Gasteiger partial charge in [0.1, 0.15) is 24.4 Å². The van der Waals surface area contributed by atoms with Gasteiger partial charge in [-0.25, -0.2) is 0 Å². The van der Waals surface area contributed by atoms with E-state index in [-0.39, 0.29) is 6.61 Å². The second kappa shape index (κ2) is 4.77. The molecule has 0 amide bonds. The maximum atomic E-state index is 9.77. The Morgan fingerprint density at radius 2 is 2.06 bits per heavy atom. The highest BCUT2D eigenvalue weighted by Crippen LogP contribution is 2.33. The number of aliphatic hydroxyl groups excluding tert-OH is 3. The molecule has 1 aromatic rings. The van der Waals surface area contributed by atoms with E-state index in [0.29, 0.717) is 5.56 Å². The summed E-state index contributed by atoms with van der Waals surface area (Å²) in [4.78, 5) is 3.96. The smallest absolute Gasteiger partial charge is 0.113 e. The Bertz CT molecular complexity index is 376. The van der Waals surface area contributed by atoms with Crippen molar-refractivity contribution in [2.75, 3.05) is 6.61 Å². The molecule has 1 aromatic heterocycles. The molecular formula is C10H12BrNO4. The summed E-state index contributed by atoms with van der Waals surface area (Å²) >= 11 is 3.26. The molecule has 1 aliphatic heterocycles. The molecule has 0 aliphatic carbocycles. The van der Waals surface area contributed by atoms with E-state index < -0.39 is 24.4 Å². The summed E-state index contributed by atoms with van der Waals surface area (Å²) in [6.07, 6.45) is -0.353. The van der Waals surface area contributed by atoms with Gasteiger partial charge < -0.3 is 20.1 Å². The highest BCUT2D eigenvalue weighted by atomic mass is 79.9. The van der Waals surface area contributed by atoms with E-state index in [1.54, 1.807) is 18.5 Å². The Labute approximate surface area is 101 Å². The molecule has 2 rings (SSSR count). The van der Waals surface area contributed by atoms with Crippen molar-refractivity contribution in [1.29, 1.82) is 0 Å². The molecule has 1 aliphatic rings. The molecular weight excluding hydrogens is 278 g/mol. The summed E-state index contributed by atoms with van der Waals surface area (Å²) in [5.41, 5.74) is 0.664. The lowest BCUT2D eigenvalue weighted by Crippen LogP contribution is -2.32. The minimum atomic E-state index is -1.08. The fourth-order valence-corrected chi connectivity index (χ4v) is 2.14. The van der Waals surface area contributed by atoms with Crippen LogP contribution in [0.2, 0.25) is 0 Å². The van der Waals surface area contributed by atoms with Crippen LogP contribution in [0.3, 0.4) is 0 Å². The van der Waals surface area contributed by atoms with E-state index in [0.717, 1.165) is 4.47 Å². The van der Waals surface area contributed by atoms with Gasteiger partial charge in [0, 0.05) is 22.4 Å². The molecule has 0 saturated carbocycles. The van der Waals surface area contributed by atoms with Gasteiger partial charge in [-0.2, -0.15) is 0 Å². The van der Waals surface area contributed by atoms with Crippen molar-refractivity contribution in [2.24, 2.45) is 0 Å². The SMILES string of the molecule is OC[C@H]1O[C@H](c2cncc(Br)c2)[C@@H](O)[C@@H]1O. The summed E-state index contributed by atoms with van der Waals surface area (Å²) in [6, 6.07) is 1.76. The van der Waals surface area contributed by atoms with E-state index in [2.05, 4.69) is 20.9 Å². The third kappa shape index (κ3) is 2.11. The monoisotopic (exact) mass is 289 g/mol. The number of aliphatic hydroxyl groups is 3. The Kier molecular flexibility index (Phi) is 3.56. The normalized spacial score (nSPS) is 34.2. The molecule has 1 saturated heterocycles. The van der Waals surface area contributed by atoms with Gasteiger partial charge in [-0.15, -0.1) is 0 Å². The van der Waals surface area contributed by atoms with Gasteiger partial charge in [0.25, 0.3) is 0 Å². The van der Waals surface area contributed by atoms with Crippen LogP contribution >= 0.6 is 15.9 Å². The fraction of sp³-hybridized carbons (Fsp3) is 0.500. The summed E-state index contributed by atoms with van der Waals surface area (Å²) < 4.78 is 6.13. The largest absolute Gasteiger partial charge is 0.394 e. The second-order valence-electron chi connectivity index (χ2n) is 3.70.